The van der Waals surface area contributed by atoms with Crippen LogP contribution in [-0.4, -0.2) is 57.8 Å². The molecule has 1 aromatic carbocycles. The highest BCUT2D eigenvalue weighted by Crippen LogP contribution is 2.32. The largest absolute Gasteiger partial charge is 0.433 e. The van der Waals surface area contributed by atoms with Crippen molar-refractivity contribution in [3.63, 3.8) is 0 Å². The highest BCUT2D eigenvalue weighted by Gasteiger charge is 2.32. The van der Waals surface area contributed by atoms with Crippen LogP contribution in [0.15, 0.2) is 23.2 Å². The standard InChI is InChI=1S/C25H40ClFN4O4SSi/c1-16(2)31(17(3)4)25(32)35-22(19-10-11-21(27)20(26)14-19)23-29-24(36(6,28)33)18(5)30(23)15-34-12-13-37(7,8)9/h10-11,14,16-17,22,28H,12-13,15H2,1-9H3. The van der Waals surface area contributed by atoms with Crippen LogP contribution in [0.5, 0.6) is 0 Å². The molecule has 0 saturated heterocycles. The van der Waals surface area contributed by atoms with Gasteiger partial charge in [0, 0.05) is 38.6 Å². The molecule has 2 rings (SSSR count). The zero-order chi connectivity index (χ0) is 28.3. The van der Waals surface area contributed by atoms with Crippen LogP contribution in [0.2, 0.25) is 30.7 Å². The number of nitrogens with one attached hydrogen (secondary N) is 1. The first kappa shape index (κ1) is 31.3. The minimum atomic E-state index is -3.21. The fraction of sp³-hybridized carbons (Fsp3) is 0.600. The summed E-state index contributed by atoms with van der Waals surface area (Å²) in [5, 5.41) is -0.0560. The van der Waals surface area contributed by atoms with Gasteiger partial charge >= 0.3 is 6.09 Å². The number of hydrogen-bond acceptors (Lipinski definition) is 6. The predicted molar refractivity (Wildman–Crippen MR) is 148 cm³/mol. The third kappa shape index (κ3) is 8.26. The summed E-state index contributed by atoms with van der Waals surface area (Å²) in [6.07, 6.45) is -0.412. The second-order valence-corrected chi connectivity index (χ2v) is 19.1. The summed E-state index contributed by atoms with van der Waals surface area (Å²) in [6, 6.07) is 4.70. The van der Waals surface area contributed by atoms with E-state index in [0.29, 0.717) is 17.9 Å². The molecule has 208 valence electrons. The van der Waals surface area contributed by atoms with E-state index in [1.165, 1.54) is 24.5 Å². The minimum Gasteiger partial charge on any atom is -0.433 e. The van der Waals surface area contributed by atoms with Crippen molar-refractivity contribution >= 4 is 35.5 Å². The van der Waals surface area contributed by atoms with E-state index in [2.05, 4.69) is 24.6 Å². The van der Waals surface area contributed by atoms with Gasteiger partial charge in [0.15, 0.2) is 17.0 Å². The summed E-state index contributed by atoms with van der Waals surface area (Å²) in [5.74, 6) is -0.384. The van der Waals surface area contributed by atoms with Crippen molar-refractivity contribution in [2.75, 3.05) is 12.9 Å². The molecule has 0 spiro atoms. The van der Waals surface area contributed by atoms with Crippen LogP contribution in [0.3, 0.4) is 0 Å². The number of hydrogen-bond donors (Lipinski definition) is 1. The molecule has 1 aromatic heterocycles. The Morgan fingerprint density at radius 2 is 1.84 bits per heavy atom. The molecule has 0 bridgehead atoms. The van der Waals surface area contributed by atoms with Crippen molar-refractivity contribution in [3.8, 4) is 0 Å². The molecule has 0 fully saturated rings. The Labute approximate surface area is 226 Å². The number of nitrogens with zero attached hydrogens (tertiary/aromatic N) is 3. The molecule has 12 heteroatoms. The maximum atomic E-state index is 14.0. The Morgan fingerprint density at radius 3 is 2.32 bits per heavy atom. The van der Waals surface area contributed by atoms with Crippen LogP contribution in [0.25, 0.3) is 0 Å². The van der Waals surface area contributed by atoms with Crippen LogP contribution in [0, 0.1) is 17.5 Å². The summed E-state index contributed by atoms with van der Waals surface area (Å²) in [6.45, 7) is 16.6. The molecule has 0 aliphatic carbocycles. The molecule has 0 saturated carbocycles. The number of carbonyl (C=O) groups is 1. The molecule has 0 radical (unpaired) electrons. The number of aromatic nitrogens is 2. The fourth-order valence-electron chi connectivity index (χ4n) is 3.92. The zero-order valence-electron chi connectivity index (χ0n) is 23.2. The van der Waals surface area contributed by atoms with Gasteiger partial charge in [0.2, 0.25) is 0 Å². The van der Waals surface area contributed by atoms with Gasteiger partial charge in [-0.2, -0.15) is 0 Å². The van der Waals surface area contributed by atoms with Crippen molar-refractivity contribution in [2.24, 2.45) is 0 Å². The van der Waals surface area contributed by atoms with Gasteiger partial charge in [0.1, 0.15) is 12.5 Å². The number of ether oxygens (including phenoxy) is 2. The lowest BCUT2D eigenvalue weighted by molar-refractivity contribution is 0.0455. The van der Waals surface area contributed by atoms with E-state index in [1.54, 1.807) is 16.4 Å². The zero-order valence-corrected chi connectivity index (χ0v) is 25.8. The van der Waals surface area contributed by atoms with E-state index in [0.717, 1.165) is 6.04 Å². The van der Waals surface area contributed by atoms with E-state index < -0.39 is 35.8 Å². The highest BCUT2D eigenvalue weighted by atomic mass is 35.5. The molecule has 0 aliphatic heterocycles. The number of carbonyl (C=O) groups excluding carboxylic acids is 1. The Kier molecular flexibility index (Phi) is 10.4. The molecule has 1 N–H and O–H groups in total. The van der Waals surface area contributed by atoms with Crippen LogP contribution in [0.4, 0.5) is 9.18 Å². The Balaban J connectivity index is 2.65. The van der Waals surface area contributed by atoms with Gasteiger partial charge in [-0.3, -0.25) is 0 Å². The maximum absolute atomic E-state index is 14.0. The molecular formula is C25H40ClFN4O4SSi. The van der Waals surface area contributed by atoms with Gasteiger partial charge in [-0.15, -0.1) is 0 Å². The number of benzene rings is 1. The van der Waals surface area contributed by atoms with E-state index in [4.69, 9.17) is 25.9 Å². The summed E-state index contributed by atoms with van der Waals surface area (Å²) in [7, 11) is -4.55. The third-order valence-electron chi connectivity index (χ3n) is 5.82. The maximum Gasteiger partial charge on any atom is 0.411 e. The number of halogens is 2. The second-order valence-electron chi connectivity index (χ2n) is 11.0. The summed E-state index contributed by atoms with van der Waals surface area (Å²) in [4.78, 5) is 19.5. The third-order valence-corrected chi connectivity index (χ3v) is 8.93. The summed E-state index contributed by atoms with van der Waals surface area (Å²) < 4.78 is 48.6. The fourth-order valence-corrected chi connectivity index (χ4v) is 5.81. The molecule has 2 atom stereocenters. The highest BCUT2D eigenvalue weighted by molar-refractivity contribution is 7.91. The quantitative estimate of drug-likeness (QED) is 0.238. The molecule has 2 aromatic rings. The number of rotatable bonds is 11. The summed E-state index contributed by atoms with van der Waals surface area (Å²) in [5.41, 5.74) is 0.865. The first-order valence-electron chi connectivity index (χ1n) is 12.3. The lowest BCUT2D eigenvalue weighted by atomic mass is 10.1. The molecule has 0 aliphatic rings. The van der Waals surface area contributed by atoms with E-state index >= 15 is 0 Å². The van der Waals surface area contributed by atoms with Gasteiger partial charge in [-0.1, -0.05) is 37.3 Å². The number of imidazole rings is 1. The molecule has 1 heterocycles. The average Bonchev–Trinajstić information content (AvgIpc) is 3.06. The lowest BCUT2D eigenvalue weighted by Gasteiger charge is -2.31. The van der Waals surface area contributed by atoms with Crippen molar-refractivity contribution in [3.05, 3.63) is 46.1 Å². The smallest absolute Gasteiger partial charge is 0.411 e. The van der Waals surface area contributed by atoms with Crippen molar-refractivity contribution in [2.45, 2.75) is 90.2 Å². The molecule has 1 amide bonds. The molecule has 37 heavy (non-hydrogen) atoms. The van der Waals surface area contributed by atoms with Gasteiger partial charge in [0.25, 0.3) is 0 Å². The van der Waals surface area contributed by atoms with E-state index in [1.807, 2.05) is 27.7 Å². The Bertz CT molecular complexity index is 1200. The van der Waals surface area contributed by atoms with Crippen molar-refractivity contribution in [1.82, 2.24) is 14.5 Å². The van der Waals surface area contributed by atoms with Crippen LogP contribution in [-0.2, 0) is 25.9 Å². The Hall–Kier alpha value is -1.95. The first-order chi connectivity index (χ1) is 16.9. The van der Waals surface area contributed by atoms with E-state index in [-0.39, 0.29) is 34.7 Å². The van der Waals surface area contributed by atoms with Crippen LogP contribution in [0.1, 0.15) is 50.9 Å². The van der Waals surface area contributed by atoms with Gasteiger partial charge in [0.05, 0.1) is 20.4 Å². The van der Waals surface area contributed by atoms with Crippen LogP contribution < -0.4 is 0 Å². The van der Waals surface area contributed by atoms with Crippen LogP contribution >= 0.6 is 11.6 Å². The van der Waals surface area contributed by atoms with E-state index in [9.17, 15) is 13.4 Å². The second kappa shape index (κ2) is 12.3. The van der Waals surface area contributed by atoms with Gasteiger partial charge in [-0.25, -0.2) is 23.2 Å². The predicted octanol–water partition coefficient (Wildman–Crippen LogP) is 6.68. The van der Waals surface area contributed by atoms with Gasteiger partial charge in [-0.05, 0) is 52.8 Å². The average molecular weight is 575 g/mol. The monoisotopic (exact) mass is 574 g/mol. The molecule has 8 nitrogen and oxygen atoms in total. The summed E-state index contributed by atoms with van der Waals surface area (Å²) >= 11 is 6.09. The van der Waals surface area contributed by atoms with Crippen molar-refractivity contribution in [1.29, 1.82) is 4.78 Å². The van der Waals surface area contributed by atoms with Gasteiger partial charge < -0.3 is 18.9 Å². The first-order valence-corrected chi connectivity index (χ1v) is 18.3. The molecule has 2 unspecified atom stereocenters. The lowest BCUT2D eigenvalue weighted by Crippen LogP contribution is -2.43. The molecular weight excluding hydrogens is 535 g/mol. The minimum absolute atomic E-state index is 0.0647. The topological polar surface area (TPSA) is 97.5 Å². The Morgan fingerprint density at radius 1 is 1.24 bits per heavy atom. The normalized spacial score (nSPS) is 14.6. The SMILES string of the molecule is Cc1c(S(C)(=N)=O)nc(C(OC(=O)N(C(C)C)C(C)C)c2ccc(F)c(Cl)c2)n1COCC[Si](C)(C)C. The van der Waals surface area contributed by atoms with Crippen molar-refractivity contribution < 1.29 is 22.9 Å². The number of amides is 1.